The molecule has 2 N–H and O–H groups in total. The average molecular weight is 404 g/mol. The molecule has 0 radical (unpaired) electrons. The van der Waals surface area contributed by atoms with E-state index in [1.807, 2.05) is 0 Å². The molecular formula is C16H19Cl2N3O3S. The van der Waals surface area contributed by atoms with Gasteiger partial charge in [0.1, 0.15) is 0 Å². The summed E-state index contributed by atoms with van der Waals surface area (Å²) in [6.45, 7) is 2.93. The smallest absolute Gasteiger partial charge is 0.233 e. The van der Waals surface area contributed by atoms with Gasteiger partial charge in [0.25, 0.3) is 0 Å². The molecule has 0 bridgehead atoms. The van der Waals surface area contributed by atoms with Crippen molar-refractivity contribution in [3.8, 4) is 5.88 Å². The van der Waals surface area contributed by atoms with Crippen LogP contribution in [0.3, 0.4) is 0 Å². The van der Waals surface area contributed by atoms with Crippen LogP contribution in [0.25, 0.3) is 6.08 Å². The first-order chi connectivity index (χ1) is 11.8. The van der Waals surface area contributed by atoms with E-state index in [0.717, 1.165) is 23.8 Å². The fourth-order valence-corrected chi connectivity index (χ4v) is 2.83. The predicted octanol–water partition coefficient (Wildman–Crippen LogP) is 3.68. The second-order valence-electron chi connectivity index (χ2n) is 5.39. The van der Waals surface area contributed by atoms with Crippen molar-refractivity contribution in [2.45, 2.75) is 26.3 Å². The Balaban J connectivity index is 2.30. The first-order valence-electron chi connectivity index (χ1n) is 7.64. The Morgan fingerprint density at radius 2 is 2.08 bits per heavy atom. The molecule has 0 amide bonds. The lowest BCUT2D eigenvalue weighted by atomic mass is 10.2. The number of nitrogens with two attached hydrogens (primary N) is 1. The highest BCUT2D eigenvalue weighted by Gasteiger charge is 2.10. The van der Waals surface area contributed by atoms with Crippen molar-refractivity contribution in [2.24, 2.45) is 5.14 Å². The molecule has 1 aromatic heterocycles. The zero-order valence-corrected chi connectivity index (χ0v) is 16.0. The number of unbranched alkanes of at least 4 members (excludes halogenated alkanes) is 1. The van der Waals surface area contributed by atoms with Gasteiger partial charge in [-0.05, 0) is 30.2 Å². The fourth-order valence-electron chi connectivity index (χ4n) is 2.03. The third-order valence-corrected chi connectivity index (χ3v) is 4.40. The van der Waals surface area contributed by atoms with Crippen LogP contribution in [0, 0.1) is 0 Å². The van der Waals surface area contributed by atoms with E-state index in [1.165, 1.54) is 6.08 Å². The van der Waals surface area contributed by atoms with E-state index in [1.54, 1.807) is 28.9 Å². The Labute approximate surface area is 157 Å². The van der Waals surface area contributed by atoms with Crippen molar-refractivity contribution in [3.63, 3.8) is 0 Å². The van der Waals surface area contributed by atoms with Gasteiger partial charge in [-0.3, -0.25) is 4.68 Å². The number of sulfonamides is 1. The molecule has 0 spiro atoms. The normalized spacial score (nSPS) is 12.0. The van der Waals surface area contributed by atoms with Crippen LogP contribution >= 0.6 is 23.2 Å². The molecular weight excluding hydrogens is 385 g/mol. The second kappa shape index (κ2) is 8.71. The van der Waals surface area contributed by atoms with Gasteiger partial charge in [0.05, 0.1) is 18.8 Å². The number of primary sulfonamides is 1. The first-order valence-corrected chi connectivity index (χ1v) is 10.0. The van der Waals surface area contributed by atoms with Gasteiger partial charge in [0.2, 0.25) is 15.9 Å². The molecule has 0 saturated carbocycles. The first kappa shape index (κ1) is 19.8. The quantitative estimate of drug-likeness (QED) is 0.680. The van der Waals surface area contributed by atoms with E-state index >= 15 is 0 Å². The third kappa shape index (κ3) is 6.36. The largest absolute Gasteiger partial charge is 0.477 e. The van der Waals surface area contributed by atoms with Crippen LogP contribution in [0.1, 0.15) is 31.0 Å². The van der Waals surface area contributed by atoms with Gasteiger partial charge in [-0.2, -0.15) is 0 Å². The summed E-state index contributed by atoms with van der Waals surface area (Å²) in [5.41, 5.74) is 1.33. The lowest BCUT2D eigenvalue weighted by Crippen LogP contribution is -2.08. The highest BCUT2D eigenvalue weighted by Crippen LogP contribution is 2.23. The maximum Gasteiger partial charge on any atom is 0.233 e. The van der Waals surface area contributed by atoms with Crippen LogP contribution < -0.4 is 9.88 Å². The fraction of sp³-hybridized carbons (Fsp3) is 0.312. The van der Waals surface area contributed by atoms with Gasteiger partial charge in [0, 0.05) is 21.5 Å². The molecule has 0 aliphatic rings. The standard InChI is InChI=1S/C16H19Cl2N3O3S/c1-2-3-7-24-16-10-14(6-8-25(19,22)23)21(20-16)11-12-4-5-13(17)9-15(12)18/h4-6,8-10H,2-3,7,11H2,1H3,(H2,19,22,23). The molecule has 0 saturated heterocycles. The predicted molar refractivity (Wildman–Crippen MR) is 100 cm³/mol. The summed E-state index contributed by atoms with van der Waals surface area (Å²) < 4.78 is 29.5. The van der Waals surface area contributed by atoms with Crippen molar-refractivity contribution < 1.29 is 13.2 Å². The minimum atomic E-state index is -3.74. The van der Waals surface area contributed by atoms with Crippen molar-refractivity contribution in [2.75, 3.05) is 6.61 Å². The molecule has 0 fully saturated rings. The van der Waals surface area contributed by atoms with Gasteiger partial charge in [-0.15, -0.1) is 5.10 Å². The Morgan fingerprint density at radius 3 is 2.72 bits per heavy atom. The molecule has 2 rings (SSSR count). The molecule has 0 unspecified atom stereocenters. The van der Waals surface area contributed by atoms with E-state index in [2.05, 4.69) is 12.0 Å². The van der Waals surface area contributed by atoms with Crippen LogP contribution in [-0.2, 0) is 16.6 Å². The minimum Gasteiger partial charge on any atom is -0.477 e. The summed E-state index contributed by atoms with van der Waals surface area (Å²) in [5.74, 6) is 0.410. The van der Waals surface area contributed by atoms with Gasteiger partial charge >= 0.3 is 0 Å². The summed E-state index contributed by atoms with van der Waals surface area (Å²) in [6, 6.07) is 6.81. The number of hydrogen-bond acceptors (Lipinski definition) is 4. The molecule has 2 aromatic rings. The van der Waals surface area contributed by atoms with Gasteiger partial charge in [-0.1, -0.05) is 42.6 Å². The summed E-state index contributed by atoms with van der Waals surface area (Å²) in [4.78, 5) is 0. The van der Waals surface area contributed by atoms with Crippen molar-refractivity contribution in [1.29, 1.82) is 0 Å². The summed E-state index contributed by atoms with van der Waals surface area (Å²) in [6.07, 6.45) is 3.27. The topological polar surface area (TPSA) is 87.2 Å². The van der Waals surface area contributed by atoms with Crippen molar-refractivity contribution >= 4 is 39.3 Å². The van der Waals surface area contributed by atoms with E-state index in [4.69, 9.17) is 33.1 Å². The molecule has 136 valence electrons. The van der Waals surface area contributed by atoms with Crippen LogP contribution in [0.5, 0.6) is 5.88 Å². The zero-order chi connectivity index (χ0) is 18.4. The average Bonchev–Trinajstić information content (AvgIpc) is 2.90. The monoisotopic (exact) mass is 403 g/mol. The molecule has 25 heavy (non-hydrogen) atoms. The maximum absolute atomic E-state index is 11.2. The molecule has 1 aromatic carbocycles. The van der Waals surface area contributed by atoms with Gasteiger partial charge < -0.3 is 4.74 Å². The third-order valence-electron chi connectivity index (χ3n) is 3.30. The highest BCUT2D eigenvalue weighted by molar-refractivity contribution is 7.92. The Hall–Kier alpha value is -1.54. The van der Waals surface area contributed by atoms with Crippen LogP contribution in [0.2, 0.25) is 10.0 Å². The van der Waals surface area contributed by atoms with Crippen LogP contribution in [0.4, 0.5) is 0 Å². The Kier molecular flexibility index (Phi) is 6.89. The number of nitrogens with zero attached hydrogens (tertiary/aromatic N) is 2. The minimum absolute atomic E-state index is 0.331. The second-order valence-corrected chi connectivity index (χ2v) is 7.69. The van der Waals surface area contributed by atoms with Gasteiger partial charge in [0.15, 0.2) is 0 Å². The number of halogens is 2. The zero-order valence-electron chi connectivity index (χ0n) is 13.7. The number of aromatic nitrogens is 2. The Morgan fingerprint density at radius 1 is 1.32 bits per heavy atom. The maximum atomic E-state index is 11.2. The van der Waals surface area contributed by atoms with Gasteiger partial charge in [-0.25, -0.2) is 13.6 Å². The number of hydrogen-bond donors (Lipinski definition) is 1. The molecule has 0 aliphatic carbocycles. The summed E-state index contributed by atoms with van der Waals surface area (Å²) in [5, 5.41) is 11.3. The van der Waals surface area contributed by atoms with Crippen LogP contribution in [0.15, 0.2) is 29.7 Å². The van der Waals surface area contributed by atoms with E-state index in [-0.39, 0.29) is 0 Å². The van der Waals surface area contributed by atoms with Crippen molar-refractivity contribution in [3.05, 3.63) is 51.0 Å². The molecule has 1 heterocycles. The number of ether oxygens (including phenoxy) is 1. The van der Waals surface area contributed by atoms with E-state index in [9.17, 15) is 8.42 Å². The molecule has 0 atom stereocenters. The highest BCUT2D eigenvalue weighted by atomic mass is 35.5. The molecule has 6 nitrogen and oxygen atoms in total. The number of benzene rings is 1. The summed E-state index contributed by atoms with van der Waals surface area (Å²) >= 11 is 12.1. The van der Waals surface area contributed by atoms with Crippen molar-refractivity contribution in [1.82, 2.24) is 9.78 Å². The SMILES string of the molecule is CCCCOc1cc(C=CS(N)(=O)=O)n(Cc2ccc(Cl)cc2Cl)n1. The van der Waals surface area contributed by atoms with Crippen LogP contribution in [-0.4, -0.2) is 24.8 Å². The Bertz CT molecular complexity index is 864. The lowest BCUT2D eigenvalue weighted by Gasteiger charge is -2.07. The lowest BCUT2D eigenvalue weighted by molar-refractivity contribution is 0.294. The van der Waals surface area contributed by atoms with E-state index in [0.29, 0.717) is 34.8 Å². The number of rotatable bonds is 8. The summed E-state index contributed by atoms with van der Waals surface area (Å²) in [7, 11) is -3.74. The van der Waals surface area contributed by atoms with E-state index < -0.39 is 10.0 Å². The molecule has 9 heteroatoms. The molecule has 0 aliphatic heterocycles.